The Bertz CT molecular complexity index is 718. The summed E-state index contributed by atoms with van der Waals surface area (Å²) in [6.45, 7) is 1.83. The molecule has 1 aliphatic rings. The van der Waals surface area contributed by atoms with Gasteiger partial charge in [0.2, 0.25) is 5.95 Å². The summed E-state index contributed by atoms with van der Waals surface area (Å²) < 4.78 is 7.53. The first-order chi connectivity index (χ1) is 11.6. The zero-order chi connectivity index (χ0) is 17.3. The van der Waals surface area contributed by atoms with Crippen molar-refractivity contribution in [2.24, 2.45) is 0 Å². The van der Waals surface area contributed by atoms with Gasteiger partial charge in [-0.1, -0.05) is 40.1 Å². The van der Waals surface area contributed by atoms with Crippen LogP contribution in [0.15, 0.2) is 6.33 Å². The predicted octanol–water partition coefficient (Wildman–Crippen LogP) is 1.47. The standard InChI is InChI=1S/C13H18ClN5O3S2/c1-2-3-23-24-9-8(21)6(4-20)22-12(9)19-5-16-7-10(14)17-13(15)18-11(7)19/h5-6,8-9,12,20-21H,2-4H2,1H3,(H2,15,17,18)/t6-,8-,9+,12-/m1/s1. The molecule has 24 heavy (non-hydrogen) atoms. The second-order valence-electron chi connectivity index (χ2n) is 5.32. The van der Waals surface area contributed by atoms with Crippen molar-refractivity contribution in [1.29, 1.82) is 0 Å². The summed E-state index contributed by atoms with van der Waals surface area (Å²) in [5.41, 5.74) is 6.53. The van der Waals surface area contributed by atoms with Gasteiger partial charge >= 0.3 is 0 Å². The number of rotatable bonds is 6. The SMILES string of the molecule is CCCSS[C@H]1[C@H](O)[C@@H](CO)O[C@H]1n1cnc2c(Cl)nc(N)nc21. The Labute approximate surface area is 151 Å². The van der Waals surface area contributed by atoms with E-state index in [9.17, 15) is 10.2 Å². The molecule has 0 amide bonds. The molecule has 4 atom stereocenters. The molecule has 0 aromatic carbocycles. The van der Waals surface area contributed by atoms with E-state index >= 15 is 0 Å². The van der Waals surface area contributed by atoms with E-state index in [0.29, 0.717) is 11.2 Å². The fraction of sp³-hybridized carbons (Fsp3) is 0.615. The van der Waals surface area contributed by atoms with Crippen LogP contribution >= 0.6 is 33.2 Å². The molecule has 132 valence electrons. The number of nitrogens with zero attached hydrogens (tertiary/aromatic N) is 4. The zero-order valence-corrected chi connectivity index (χ0v) is 15.3. The van der Waals surface area contributed by atoms with Gasteiger partial charge in [0.15, 0.2) is 17.0 Å². The minimum absolute atomic E-state index is 0.0380. The van der Waals surface area contributed by atoms with Gasteiger partial charge in [-0.15, -0.1) is 0 Å². The third-order valence-corrected chi connectivity index (χ3v) is 6.91. The maximum atomic E-state index is 10.5. The predicted molar refractivity (Wildman–Crippen MR) is 95.9 cm³/mol. The summed E-state index contributed by atoms with van der Waals surface area (Å²) in [5, 5.41) is 19.8. The maximum absolute atomic E-state index is 10.5. The van der Waals surface area contributed by atoms with Crippen LogP contribution in [0.3, 0.4) is 0 Å². The number of aromatic nitrogens is 4. The monoisotopic (exact) mass is 391 g/mol. The van der Waals surface area contributed by atoms with Crippen LogP contribution in [0.25, 0.3) is 11.2 Å². The Morgan fingerprint density at radius 1 is 1.46 bits per heavy atom. The van der Waals surface area contributed by atoms with Crippen molar-refractivity contribution in [2.75, 3.05) is 18.1 Å². The number of anilines is 1. The average Bonchev–Trinajstić information content (AvgIpc) is 3.09. The van der Waals surface area contributed by atoms with Crippen molar-refractivity contribution < 1.29 is 14.9 Å². The van der Waals surface area contributed by atoms with Crippen molar-refractivity contribution in [3.8, 4) is 0 Å². The number of halogens is 1. The Morgan fingerprint density at radius 3 is 2.96 bits per heavy atom. The van der Waals surface area contributed by atoms with Gasteiger partial charge in [-0.2, -0.15) is 9.97 Å². The lowest BCUT2D eigenvalue weighted by Gasteiger charge is -2.20. The van der Waals surface area contributed by atoms with E-state index in [1.807, 2.05) is 0 Å². The molecule has 1 fully saturated rings. The molecule has 0 saturated carbocycles. The normalized spacial score (nSPS) is 27.2. The van der Waals surface area contributed by atoms with Gasteiger partial charge in [-0.05, 0) is 6.42 Å². The molecular formula is C13H18ClN5O3S2. The first-order valence-electron chi connectivity index (χ1n) is 7.45. The Kier molecular flexibility index (Phi) is 5.73. The number of imidazole rings is 1. The van der Waals surface area contributed by atoms with Crippen molar-refractivity contribution in [1.82, 2.24) is 19.5 Å². The van der Waals surface area contributed by atoms with Gasteiger partial charge in [0.1, 0.15) is 11.6 Å². The van der Waals surface area contributed by atoms with Crippen molar-refractivity contribution in [3.63, 3.8) is 0 Å². The molecule has 4 N–H and O–H groups in total. The first kappa shape index (κ1) is 18.0. The van der Waals surface area contributed by atoms with Crippen LogP contribution in [0.2, 0.25) is 5.15 Å². The van der Waals surface area contributed by atoms with Crippen LogP contribution in [0.1, 0.15) is 19.6 Å². The number of hydrogen-bond acceptors (Lipinski definition) is 9. The van der Waals surface area contributed by atoms with Crippen LogP contribution < -0.4 is 5.73 Å². The van der Waals surface area contributed by atoms with Crippen molar-refractivity contribution in [2.45, 2.75) is 37.0 Å². The molecule has 0 bridgehead atoms. The van der Waals surface area contributed by atoms with Crippen molar-refractivity contribution >= 4 is 50.3 Å². The highest BCUT2D eigenvalue weighted by Crippen LogP contribution is 2.43. The number of aliphatic hydroxyl groups is 2. The number of hydrogen-bond donors (Lipinski definition) is 3. The van der Waals surface area contributed by atoms with Gasteiger partial charge in [-0.3, -0.25) is 4.57 Å². The van der Waals surface area contributed by atoms with Gasteiger partial charge in [0.05, 0.1) is 24.3 Å². The molecule has 0 aliphatic carbocycles. The minimum atomic E-state index is -0.804. The minimum Gasteiger partial charge on any atom is -0.394 e. The molecular weight excluding hydrogens is 374 g/mol. The highest BCUT2D eigenvalue weighted by molar-refractivity contribution is 8.77. The molecule has 1 aliphatic heterocycles. The van der Waals surface area contributed by atoms with Crippen LogP contribution in [-0.4, -0.2) is 59.5 Å². The summed E-state index contributed by atoms with van der Waals surface area (Å²) in [4.78, 5) is 12.3. The highest BCUT2D eigenvalue weighted by Gasteiger charge is 2.45. The molecule has 3 heterocycles. The lowest BCUT2D eigenvalue weighted by atomic mass is 10.2. The van der Waals surface area contributed by atoms with Gasteiger partial charge < -0.3 is 20.7 Å². The Morgan fingerprint density at radius 2 is 2.25 bits per heavy atom. The second kappa shape index (κ2) is 7.63. The molecule has 2 aromatic heterocycles. The number of ether oxygens (including phenoxy) is 1. The van der Waals surface area contributed by atoms with E-state index in [1.54, 1.807) is 21.7 Å². The van der Waals surface area contributed by atoms with E-state index in [1.165, 1.54) is 10.8 Å². The van der Waals surface area contributed by atoms with Crippen LogP contribution in [0.5, 0.6) is 0 Å². The second-order valence-corrected chi connectivity index (χ2v) is 8.34. The number of nitrogens with two attached hydrogens (primary N) is 1. The molecule has 2 aromatic rings. The summed E-state index contributed by atoms with van der Waals surface area (Å²) >= 11 is 6.06. The lowest BCUT2D eigenvalue weighted by molar-refractivity contribution is -0.0430. The van der Waals surface area contributed by atoms with Gasteiger partial charge in [-0.25, -0.2) is 4.98 Å². The van der Waals surface area contributed by atoms with E-state index in [-0.39, 0.29) is 23.0 Å². The largest absolute Gasteiger partial charge is 0.394 e. The smallest absolute Gasteiger partial charge is 0.223 e. The maximum Gasteiger partial charge on any atom is 0.223 e. The van der Waals surface area contributed by atoms with Crippen LogP contribution in [-0.2, 0) is 4.74 Å². The third kappa shape index (κ3) is 3.31. The molecule has 11 heteroatoms. The van der Waals surface area contributed by atoms with Crippen LogP contribution in [0, 0.1) is 0 Å². The van der Waals surface area contributed by atoms with Crippen LogP contribution in [0.4, 0.5) is 5.95 Å². The van der Waals surface area contributed by atoms with Crippen molar-refractivity contribution in [3.05, 3.63) is 11.5 Å². The molecule has 1 saturated heterocycles. The van der Waals surface area contributed by atoms with Gasteiger partial charge in [0, 0.05) is 5.75 Å². The number of fused-ring (bicyclic) bond motifs is 1. The highest BCUT2D eigenvalue weighted by atomic mass is 35.5. The summed E-state index contributed by atoms with van der Waals surface area (Å²) in [5.74, 6) is 0.992. The average molecular weight is 392 g/mol. The zero-order valence-electron chi connectivity index (χ0n) is 12.9. The fourth-order valence-electron chi connectivity index (χ4n) is 2.49. The van der Waals surface area contributed by atoms with E-state index < -0.39 is 18.4 Å². The third-order valence-electron chi connectivity index (χ3n) is 3.63. The Balaban J connectivity index is 1.96. The molecule has 0 unspecified atom stereocenters. The molecule has 3 rings (SSSR count). The fourth-order valence-corrected chi connectivity index (χ4v) is 5.60. The number of nitrogen functional groups attached to an aromatic ring is 1. The van der Waals surface area contributed by atoms with E-state index in [4.69, 9.17) is 22.1 Å². The summed E-state index contributed by atoms with van der Waals surface area (Å²) in [7, 11) is 3.19. The van der Waals surface area contributed by atoms with E-state index in [2.05, 4.69) is 21.9 Å². The molecule has 0 spiro atoms. The summed E-state index contributed by atoms with van der Waals surface area (Å²) in [6.07, 6.45) is 0.563. The quantitative estimate of drug-likeness (QED) is 0.382. The molecule has 0 radical (unpaired) electrons. The topological polar surface area (TPSA) is 119 Å². The first-order valence-corrected chi connectivity index (χ1v) is 10.2. The summed E-state index contributed by atoms with van der Waals surface area (Å²) in [6, 6.07) is 0. The number of aliphatic hydroxyl groups excluding tert-OH is 2. The van der Waals surface area contributed by atoms with E-state index in [0.717, 1.165) is 12.2 Å². The lowest BCUT2D eigenvalue weighted by Crippen LogP contribution is -2.31. The Hall–Kier alpha value is -0.780. The van der Waals surface area contributed by atoms with Gasteiger partial charge in [0.25, 0.3) is 0 Å². The molecule has 8 nitrogen and oxygen atoms in total.